The molecule has 0 aliphatic carbocycles. The maximum atomic E-state index is 12.9. The van der Waals surface area contributed by atoms with Gasteiger partial charge in [-0.1, -0.05) is 30.3 Å². The number of amides is 1. The topological polar surface area (TPSA) is 95.5 Å². The molecule has 172 valence electrons. The Kier molecular flexibility index (Phi) is 7.00. The minimum Gasteiger partial charge on any atom is -0.340 e. The number of aromatic nitrogens is 2. The van der Waals surface area contributed by atoms with Crippen LogP contribution in [0.15, 0.2) is 78.0 Å². The van der Waals surface area contributed by atoms with Crippen LogP contribution in [0.4, 0.5) is 11.6 Å². The normalized spacial score (nSPS) is 16.5. The molecule has 1 aliphatic rings. The van der Waals surface area contributed by atoms with Gasteiger partial charge in [-0.3, -0.25) is 4.79 Å². The zero-order valence-corrected chi connectivity index (χ0v) is 19.3. The van der Waals surface area contributed by atoms with Crippen molar-refractivity contribution >= 4 is 27.6 Å². The van der Waals surface area contributed by atoms with Crippen molar-refractivity contribution in [2.45, 2.75) is 24.3 Å². The molecule has 8 nitrogen and oxygen atoms in total. The monoisotopic (exact) mass is 465 g/mol. The number of rotatable bonds is 7. The number of piperidine rings is 1. The van der Waals surface area contributed by atoms with Crippen LogP contribution in [0.25, 0.3) is 0 Å². The zero-order chi connectivity index (χ0) is 23.3. The number of hydrogen-bond donors (Lipinski definition) is 1. The van der Waals surface area contributed by atoms with Gasteiger partial charge in [0.25, 0.3) is 0 Å². The summed E-state index contributed by atoms with van der Waals surface area (Å²) in [5.74, 6) is 0.347. The first-order valence-corrected chi connectivity index (χ1v) is 12.3. The van der Waals surface area contributed by atoms with Crippen LogP contribution < -0.4 is 10.2 Å². The lowest BCUT2D eigenvalue weighted by Crippen LogP contribution is -2.41. The van der Waals surface area contributed by atoms with E-state index < -0.39 is 10.0 Å². The van der Waals surface area contributed by atoms with E-state index in [1.54, 1.807) is 37.6 Å². The molecule has 1 aromatic heterocycles. The first-order chi connectivity index (χ1) is 15.9. The molecule has 1 amide bonds. The van der Waals surface area contributed by atoms with Crippen molar-refractivity contribution in [3.63, 3.8) is 0 Å². The Morgan fingerprint density at radius 1 is 1.06 bits per heavy atom. The lowest BCUT2D eigenvalue weighted by Gasteiger charge is -2.31. The summed E-state index contributed by atoms with van der Waals surface area (Å²) >= 11 is 0. The molecule has 2 aromatic carbocycles. The average Bonchev–Trinajstić information content (AvgIpc) is 2.85. The summed E-state index contributed by atoms with van der Waals surface area (Å²) in [4.78, 5) is 23.6. The van der Waals surface area contributed by atoms with Crippen molar-refractivity contribution in [1.82, 2.24) is 14.3 Å². The predicted molar refractivity (Wildman–Crippen MR) is 127 cm³/mol. The first kappa shape index (κ1) is 22.9. The maximum Gasteiger partial charge on any atom is 0.243 e. The van der Waals surface area contributed by atoms with Gasteiger partial charge in [0, 0.05) is 44.8 Å². The molecular weight excluding hydrogens is 438 g/mol. The predicted octanol–water partition coefficient (Wildman–Crippen LogP) is 3.15. The maximum absolute atomic E-state index is 12.9. The molecule has 33 heavy (non-hydrogen) atoms. The van der Waals surface area contributed by atoms with Gasteiger partial charge >= 0.3 is 0 Å². The molecule has 0 saturated carbocycles. The lowest BCUT2D eigenvalue weighted by molar-refractivity contribution is -0.120. The van der Waals surface area contributed by atoms with Crippen LogP contribution in [0.2, 0.25) is 0 Å². The minimum atomic E-state index is -3.64. The molecule has 9 heteroatoms. The molecule has 1 N–H and O–H groups in total. The number of nitrogens with one attached hydrogen (secondary N) is 1. The summed E-state index contributed by atoms with van der Waals surface area (Å²) in [6.45, 7) is 1.65. The third-order valence-electron chi connectivity index (χ3n) is 5.71. The summed E-state index contributed by atoms with van der Waals surface area (Å²) in [5.41, 5.74) is 1.48. The van der Waals surface area contributed by atoms with Gasteiger partial charge in [-0.05, 0) is 48.7 Å². The van der Waals surface area contributed by atoms with Crippen LogP contribution in [0, 0.1) is 5.92 Å². The second-order valence-corrected chi connectivity index (χ2v) is 10.1. The van der Waals surface area contributed by atoms with Gasteiger partial charge in [0.05, 0.1) is 10.8 Å². The number of nitrogens with zero attached hydrogens (tertiary/aromatic N) is 4. The fourth-order valence-corrected chi connectivity index (χ4v) is 5.05. The molecule has 0 unspecified atom stereocenters. The highest BCUT2D eigenvalue weighted by Crippen LogP contribution is 2.23. The third kappa shape index (κ3) is 5.55. The first-order valence-electron chi connectivity index (χ1n) is 10.9. The minimum absolute atomic E-state index is 0.0903. The third-order valence-corrected chi connectivity index (χ3v) is 7.52. The Labute approximate surface area is 194 Å². The van der Waals surface area contributed by atoms with Gasteiger partial charge in [-0.2, -0.15) is 4.31 Å². The van der Waals surface area contributed by atoms with Crippen LogP contribution in [-0.2, 0) is 21.4 Å². The molecule has 1 atom stereocenters. The molecule has 0 bridgehead atoms. The van der Waals surface area contributed by atoms with Crippen molar-refractivity contribution in [1.29, 1.82) is 0 Å². The fourth-order valence-electron chi connectivity index (χ4n) is 3.89. The van der Waals surface area contributed by atoms with Gasteiger partial charge in [0.2, 0.25) is 21.9 Å². The van der Waals surface area contributed by atoms with Crippen LogP contribution in [0.1, 0.15) is 18.4 Å². The van der Waals surface area contributed by atoms with Crippen molar-refractivity contribution < 1.29 is 13.2 Å². The highest BCUT2D eigenvalue weighted by Gasteiger charge is 2.27. The average molecular weight is 466 g/mol. The molecular formula is C24H27N5O3S. The summed E-state index contributed by atoms with van der Waals surface area (Å²) in [7, 11) is -2.08. The van der Waals surface area contributed by atoms with E-state index in [0.717, 1.165) is 24.9 Å². The lowest BCUT2D eigenvalue weighted by atomic mass is 9.97. The Hall–Kier alpha value is -3.30. The highest BCUT2D eigenvalue weighted by atomic mass is 32.2. The highest BCUT2D eigenvalue weighted by molar-refractivity contribution is 7.89. The number of carbonyl (C=O) groups excluding carboxylic acids is 1. The van der Waals surface area contributed by atoms with E-state index in [0.29, 0.717) is 18.2 Å². The van der Waals surface area contributed by atoms with E-state index in [-0.39, 0.29) is 23.3 Å². The molecule has 2 heterocycles. The number of carbonyl (C=O) groups is 1. The number of benzene rings is 2. The Balaban J connectivity index is 1.38. The van der Waals surface area contributed by atoms with E-state index >= 15 is 0 Å². The van der Waals surface area contributed by atoms with Crippen molar-refractivity contribution in [2.24, 2.45) is 5.92 Å². The number of hydrogen-bond acceptors (Lipinski definition) is 6. The summed E-state index contributed by atoms with van der Waals surface area (Å²) < 4.78 is 27.1. The molecule has 4 rings (SSSR count). The summed E-state index contributed by atoms with van der Waals surface area (Å²) in [6.07, 6.45) is 5.05. The van der Waals surface area contributed by atoms with E-state index in [4.69, 9.17) is 0 Å². The smallest absolute Gasteiger partial charge is 0.243 e. The fraction of sp³-hybridized carbons (Fsp3) is 0.292. The van der Waals surface area contributed by atoms with Crippen LogP contribution >= 0.6 is 0 Å². The van der Waals surface area contributed by atoms with E-state index in [1.165, 1.54) is 16.4 Å². The quantitative estimate of drug-likeness (QED) is 0.576. The van der Waals surface area contributed by atoms with Crippen molar-refractivity contribution in [2.75, 3.05) is 30.4 Å². The second-order valence-electron chi connectivity index (χ2n) is 8.09. The van der Waals surface area contributed by atoms with Crippen LogP contribution in [-0.4, -0.2) is 48.7 Å². The molecule has 0 radical (unpaired) electrons. The van der Waals surface area contributed by atoms with Gasteiger partial charge in [0.1, 0.15) is 0 Å². The second kappa shape index (κ2) is 10.1. The van der Waals surface area contributed by atoms with Crippen molar-refractivity contribution in [3.8, 4) is 0 Å². The molecule has 3 aromatic rings. The standard InChI is InChI=1S/C24H27N5O3S/c1-28(17-19-7-3-2-4-8-19)33(31,32)22-12-10-21(11-13-22)27-23(30)20-9-5-16-29(18-20)24-25-14-6-15-26-24/h2-4,6-8,10-15,20H,5,9,16-18H2,1H3,(H,27,30)/t20-/m0/s1. The van der Waals surface area contributed by atoms with Gasteiger partial charge < -0.3 is 10.2 Å². The molecule has 0 spiro atoms. The van der Waals surface area contributed by atoms with Crippen molar-refractivity contribution in [3.05, 3.63) is 78.6 Å². The van der Waals surface area contributed by atoms with E-state index in [2.05, 4.69) is 15.3 Å². The van der Waals surface area contributed by atoms with Crippen LogP contribution in [0.3, 0.4) is 0 Å². The number of sulfonamides is 1. The Bertz CT molecular complexity index is 1170. The zero-order valence-electron chi connectivity index (χ0n) is 18.5. The van der Waals surface area contributed by atoms with Gasteiger partial charge in [-0.25, -0.2) is 18.4 Å². The summed E-state index contributed by atoms with van der Waals surface area (Å²) in [6, 6.07) is 17.5. The summed E-state index contributed by atoms with van der Waals surface area (Å²) in [5, 5.41) is 2.92. The SMILES string of the molecule is CN(Cc1ccccc1)S(=O)(=O)c1ccc(NC(=O)[C@H]2CCCN(c3ncccn3)C2)cc1. The Morgan fingerprint density at radius 2 is 1.76 bits per heavy atom. The number of anilines is 2. The molecule has 1 saturated heterocycles. The van der Waals surface area contributed by atoms with Crippen LogP contribution in [0.5, 0.6) is 0 Å². The van der Waals surface area contributed by atoms with Gasteiger partial charge in [-0.15, -0.1) is 0 Å². The van der Waals surface area contributed by atoms with E-state index in [9.17, 15) is 13.2 Å². The van der Waals surface area contributed by atoms with E-state index in [1.807, 2.05) is 35.2 Å². The Morgan fingerprint density at radius 3 is 2.45 bits per heavy atom. The molecule has 1 aliphatic heterocycles. The largest absolute Gasteiger partial charge is 0.340 e. The van der Waals surface area contributed by atoms with Gasteiger partial charge in [0.15, 0.2) is 0 Å². The molecule has 1 fully saturated rings.